The highest BCUT2D eigenvalue weighted by Gasteiger charge is 2.17. The van der Waals surface area contributed by atoms with Crippen LogP contribution < -0.4 is 10.6 Å². The van der Waals surface area contributed by atoms with E-state index >= 15 is 0 Å². The third-order valence-corrected chi connectivity index (χ3v) is 2.82. The van der Waals surface area contributed by atoms with E-state index in [4.69, 9.17) is 0 Å². The minimum atomic E-state index is -0.279. The van der Waals surface area contributed by atoms with Crippen LogP contribution in [0.2, 0.25) is 0 Å². The van der Waals surface area contributed by atoms with E-state index in [9.17, 15) is 9.18 Å². The number of benzene rings is 1. The Morgan fingerprint density at radius 3 is 3.00 bits per heavy atom. The molecule has 86 valence electrons. The van der Waals surface area contributed by atoms with Gasteiger partial charge in [0.1, 0.15) is 5.82 Å². The molecule has 1 aliphatic rings. The van der Waals surface area contributed by atoms with Gasteiger partial charge in [-0.1, -0.05) is 0 Å². The molecule has 0 saturated carbocycles. The summed E-state index contributed by atoms with van der Waals surface area (Å²) in [5.41, 5.74) is 1.02. The van der Waals surface area contributed by atoms with E-state index in [1.807, 2.05) is 0 Å². The monoisotopic (exact) mass is 222 g/mol. The van der Waals surface area contributed by atoms with Gasteiger partial charge in [0.15, 0.2) is 0 Å². The molecule has 0 aromatic heterocycles. The molecule has 1 aliphatic heterocycles. The average molecular weight is 222 g/mol. The lowest BCUT2D eigenvalue weighted by Gasteiger charge is -2.11. The number of aryl methyl sites for hydroxylation is 1. The van der Waals surface area contributed by atoms with Crippen molar-refractivity contribution in [1.82, 2.24) is 10.6 Å². The van der Waals surface area contributed by atoms with Gasteiger partial charge in [0.05, 0.1) is 0 Å². The van der Waals surface area contributed by atoms with Crippen LogP contribution in [0.4, 0.5) is 4.39 Å². The predicted molar refractivity (Wildman–Crippen MR) is 59.9 cm³/mol. The number of rotatable bonds is 2. The van der Waals surface area contributed by atoms with Crippen molar-refractivity contribution in [2.75, 3.05) is 13.1 Å². The second-order valence-corrected chi connectivity index (χ2v) is 4.13. The molecule has 2 N–H and O–H groups in total. The van der Waals surface area contributed by atoms with Gasteiger partial charge in [-0.05, 0) is 43.7 Å². The second kappa shape index (κ2) is 4.61. The molecule has 1 aromatic rings. The second-order valence-electron chi connectivity index (χ2n) is 4.13. The molecule has 2 rings (SSSR count). The van der Waals surface area contributed by atoms with E-state index in [0.29, 0.717) is 11.1 Å². The number of amides is 1. The van der Waals surface area contributed by atoms with Gasteiger partial charge in [0.25, 0.3) is 5.91 Å². The molecule has 0 aliphatic carbocycles. The Labute approximate surface area is 94.0 Å². The number of hydrogen-bond donors (Lipinski definition) is 2. The lowest BCUT2D eigenvalue weighted by atomic mass is 10.1. The smallest absolute Gasteiger partial charge is 0.251 e. The molecule has 1 saturated heterocycles. The zero-order valence-corrected chi connectivity index (χ0v) is 9.22. The van der Waals surface area contributed by atoms with E-state index in [-0.39, 0.29) is 17.8 Å². The van der Waals surface area contributed by atoms with E-state index in [0.717, 1.165) is 19.5 Å². The summed E-state index contributed by atoms with van der Waals surface area (Å²) in [6.45, 7) is 3.41. The molecule has 1 atom stereocenters. The minimum absolute atomic E-state index is 0.128. The van der Waals surface area contributed by atoms with Gasteiger partial charge in [-0.15, -0.1) is 0 Å². The average Bonchev–Trinajstić information content (AvgIpc) is 2.74. The third kappa shape index (κ3) is 2.39. The zero-order valence-electron chi connectivity index (χ0n) is 9.22. The molecular formula is C12H15FN2O. The normalized spacial score (nSPS) is 19.8. The van der Waals surface area contributed by atoms with Crippen LogP contribution in [0.1, 0.15) is 22.3 Å². The molecule has 1 amide bonds. The molecule has 1 heterocycles. The summed E-state index contributed by atoms with van der Waals surface area (Å²) >= 11 is 0. The number of nitrogens with one attached hydrogen (secondary N) is 2. The predicted octanol–water partition coefficient (Wildman–Crippen LogP) is 1.23. The van der Waals surface area contributed by atoms with Crippen LogP contribution in [0.15, 0.2) is 18.2 Å². The molecule has 0 unspecified atom stereocenters. The summed E-state index contributed by atoms with van der Waals surface area (Å²) in [5, 5.41) is 6.09. The van der Waals surface area contributed by atoms with Crippen molar-refractivity contribution in [1.29, 1.82) is 0 Å². The first kappa shape index (κ1) is 11.1. The van der Waals surface area contributed by atoms with Crippen LogP contribution in [0, 0.1) is 12.7 Å². The number of carbonyl (C=O) groups is 1. The Balaban J connectivity index is 2.05. The van der Waals surface area contributed by atoms with Gasteiger partial charge in [0.2, 0.25) is 0 Å². The van der Waals surface area contributed by atoms with E-state index in [2.05, 4.69) is 10.6 Å². The fraction of sp³-hybridized carbons (Fsp3) is 0.417. The first-order chi connectivity index (χ1) is 7.66. The van der Waals surface area contributed by atoms with E-state index in [1.54, 1.807) is 13.0 Å². The van der Waals surface area contributed by atoms with Gasteiger partial charge < -0.3 is 10.6 Å². The molecule has 1 fully saturated rings. The Kier molecular flexibility index (Phi) is 3.19. The number of halogens is 1. The fourth-order valence-electron chi connectivity index (χ4n) is 1.83. The highest BCUT2D eigenvalue weighted by Crippen LogP contribution is 2.09. The third-order valence-electron chi connectivity index (χ3n) is 2.82. The summed E-state index contributed by atoms with van der Waals surface area (Å²) in [5.74, 6) is -0.407. The summed E-state index contributed by atoms with van der Waals surface area (Å²) in [6.07, 6.45) is 0.950. The van der Waals surface area contributed by atoms with Gasteiger partial charge in [-0.25, -0.2) is 4.39 Å². The van der Waals surface area contributed by atoms with E-state index < -0.39 is 0 Å². The van der Waals surface area contributed by atoms with Gasteiger partial charge >= 0.3 is 0 Å². The van der Waals surface area contributed by atoms with Gasteiger partial charge in [-0.2, -0.15) is 0 Å². The Morgan fingerprint density at radius 1 is 1.56 bits per heavy atom. The first-order valence-electron chi connectivity index (χ1n) is 5.44. The van der Waals surface area contributed by atoms with Crippen LogP contribution in [-0.4, -0.2) is 25.0 Å². The van der Waals surface area contributed by atoms with Crippen LogP contribution in [-0.2, 0) is 0 Å². The Bertz CT molecular complexity index is 400. The molecule has 16 heavy (non-hydrogen) atoms. The lowest BCUT2D eigenvalue weighted by molar-refractivity contribution is 0.0940. The summed E-state index contributed by atoms with van der Waals surface area (Å²) in [4.78, 5) is 11.8. The number of carbonyl (C=O) groups excluding carboxylic acids is 1. The summed E-state index contributed by atoms with van der Waals surface area (Å²) in [6, 6.07) is 4.61. The van der Waals surface area contributed by atoms with Crippen molar-refractivity contribution in [3.8, 4) is 0 Å². The number of hydrogen-bond acceptors (Lipinski definition) is 2. The SMILES string of the molecule is Cc1cc(C(=O)N[C@H]2CCNC2)ccc1F. The van der Waals surface area contributed by atoms with Crippen LogP contribution in [0.25, 0.3) is 0 Å². The molecule has 3 nitrogen and oxygen atoms in total. The molecular weight excluding hydrogens is 207 g/mol. The maximum atomic E-state index is 13.0. The lowest BCUT2D eigenvalue weighted by Crippen LogP contribution is -2.36. The summed E-state index contributed by atoms with van der Waals surface area (Å²) < 4.78 is 13.0. The zero-order chi connectivity index (χ0) is 11.5. The maximum Gasteiger partial charge on any atom is 0.251 e. The van der Waals surface area contributed by atoms with Crippen LogP contribution in [0.5, 0.6) is 0 Å². The molecule has 0 bridgehead atoms. The first-order valence-corrected chi connectivity index (χ1v) is 5.44. The van der Waals surface area contributed by atoms with Crippen molar-refractivity contribution in [2.45, 2.75) is 19.4 Å². The van der Waals surface area contributed by atoms with Crippen molar-refractivity contribution < 1.29 is 9.18 Å². The topological polar surface area (TPSA) is 41.1 Å². The molecule has 1 aromatic carbocycles. The molecule has 0 radical (unpaired) electrons. The largest absolute Gasteiger partial charge is 0.348 e. The minimum Gasteiger partial charge on any atom is -0.348 e. The summed E-state index contributed by atoms with van der Waals surface area (Å²) in [7, 11) is 0. The Morgan fingerprint density at radius 2 is 2.38 bits per heavy atom. The fourth-order valence-corrected chi connectivity index (χ4v) is 1.83. The van der Waals surface area contributed by atoms with Gasteiger partial charge in [-0.3, -0.25) is 4.79 Å². The quantitative estimate of drug-likeness (QED) is 0.790. The Hall–Kier alpha value is -1.42. The van der Waals surface area contributed by atoms with Crippen molar-refractivity contribution in [3.63, 3.8) is 0 Å². The van der Waals surface area contributed by atoms with E-state index in [1.165, 1.54) is 12.1 Å². The van der Waals surface area contributed by atoms with Crippen LogP contribution >= 0.6 is 0 Å². The standard InChI is InChI=1S/C12H15FN2O/c1-8-6-9(2-3-11(8)13)12(16)15-10-4-5-14-7-10/h2-3,6,10,14H,4-5,7H2,1H3,(H,15,16)/t10-/m0/s1. The van der Waals surface area contributed by atoms with Crippen molar-refractivity contribution in [3.05, 3.63) is 35.1 Å². The maximum absolute atomic E-state index is 13.0. The van der Waals surface area contributed by atoms with Crippen LogP contribution in [0.3, 0.4) is 0 Å². The van der Waals surface area contributed by atoms with Gasteiger partial charge in [0, 0.05) is 18.2 Å². The van der Waals surface area contributed by atoms with Crippen molar-refractivity contribution in [2.24, 2.45) is 0 Å². The van der Waals surface area contributed by atoms with Crippen molar-refractivity contribution >= 4 is 5.91 Å². The highest BCUT2D eigenvalue weighted by molar-refractivity contribution is 5.94. The molecule has 0 spiro atoms. The molecule has 4 heteroatoms. The highest BCUT2D eigenvalue weighted by atomic mass is 19.1.